The molecule has 21 heavy (non-hydrogen) atoms. The second-order valence-corrected chi connectivity index (χ2v) is 7.03. The van der Waals surface area contributed by atoms with E-state index in [2.05, 4.69) is 36.1 Å². The summed E-state index contributed by atoms with van der Waals surface area (Å²) in [7, 11) is 0. The second-order valence-electron chi connectivity index (χ2n) is 7.03. The van der Waals surface area contributed by atoms with Gasteiger partial charge in [-0.05, 0) is 24.3 Å². The molecule has 1 unspecified atom stereocenters. The molecule has 2 heterocycles. The monoisotopic (exact) mass is 281 g/mol. The first kappa shape index (κ1) is 13.3. The number of rotatable bonds is 3. The van der Waals surface area contributed by atoms with Crippen LogP contribution >= 0.6 is 0 Å². The van der Waals surface area contributed by atoms with Crippen molar-refractivity contribution in [2.45, 2.75) is 50.1 Å². The predicted molar refractivity (Wildman–Crippen MR) is 84.6 cm³/mol. The summed E-state index contributed by atoms with van der Waals surface area (Å²) in [5.74, 6) is 1.29. The van der Waals surface area contributed by atoms with Gasteiger partial charge in [-0.25, -0.2) is 0 Å². The van der Waals surface area contributed by atoms with Crippen LogP contribution in [0.25, 0.3) is 0 Å². The summed E-state index contributed by atoms with van der Waals surface area (Å²) in [6.07, 6.45) is 11.4. The summed E-state index contributed by atoms with van der Waals surface area (Å²) in [5.41, 5.74) is 2.61. The standard InChI is InChI=1S/C19H23NO/c1-14(16-7-5-15(12-21)6-8-16)18-10-9-17-4-2-3-11-19(17)13-20(18)19/h5-10,12,14,17-18H,2-4,11,13H2,1H3/t14-,17+,18-,19+,20?/m1/s1. The zero-order valence-corrected chi connectivity index (χ0v) is 12.7. The Bertz CT molecular complexity index is 576. The lowest BCUT2D eigenvalue weighted by atomic mass is 9.75. The number of aldehydes is 1. The third-order valence-corrected chi connectivity index (χ3v) is 5.99. The van der Waals surface area contributed by atoms with E-state index >= 15 is 0 Å². The SMILES string of the molecule is C[C@H](c1ccc(C=O)cc1)[C@H]1C=C[C@@H]2CCCC[C@]23CN13. The van der Waals surface area contributed by atoms with Gasteiger partial charge in [0.25, 0.3) is 0 Å². The molecule has 1 saturated carbocycles. The molecular formula is C19H23NO. The van der Waals surface area contributed by atoms with Crippen molar-refractivity contribution in [1.29, 1.82) is 0 Å². The third-order valence-electron chi connectivity index (χ3n) is 5.99. The van der Waals surface area contributed by atoms with Crippen LogP contribution in [0.2, 0.25) is 0 Å². The van der Waals surface area contributed by atoms with E-state index in [4.69, 9.17) is 0 Å². The van der Waals surface area contributed by atoms with Crippen LogP contribution in [-0.2, 0) is 0 Å². The number of carbonyl (C=O) groups excluding carboxylic acids is 1. The molecule has 1 spiro atoms. The fraction of sp³-hybridized carbons (Fsp3) is 0.526. The highest BCUT2D eigenvalue weighted by Gasteiger charge is 2.61. The van der Waals surface area contributed by atoms with Crippen molar-refractivity contribution in [3.05, 3.63) is 47.5 Å². The number of hydrogen-bond acceptors (Lipinski definition) is 2. The molecule has 3 aliphatic rings. The van der Waals surface area contributed by atoms with Crippen LogP contribution in [0, 0.1) is 5.92 Å². The van der Waals surface area contributed by atoms with Gasteiger partial charge in [0, 0.05) is 29.6 Å². The van der Waals surface area contributed by atoms with Crippen LogP contribution < -0.4 is 0 Å². The van der Waals surface area contributed by atoms with E-state index in [0.29, 0.717) is 17.5 Å². The van der Waals surface area contributed by atoms with Crippen LogP contribution in [-0.4, -0.2) is 29.3 Å². The van der Waals surface area contributed by atoms with Crippen molar-refractivity contribution >= 4 is 6.29 Å². The maximum Gasteiger partial charge on any atom is 0.150 e. The molecule has 0 radical (unpaired) electrons. The first-order valence-electron chi connectivity index (χ1n) is 8.25. The Morgan fingerprint density at radius 3 is 2.81 bits per heavy atom. The fourth-order valence-corrected chi connectivity index (χ4v) is 4.60. The van der Waals surface area contributed by atoms with Crippen molar-refractivity contribution in [3.8, 4) is 0 Å². The van der Waals surface area contributed by atoms with Gasteiger partial charge in [-0.1, -0.05) is 56.2 Å². The van der Waals surface area contributed by atoms with E-state index in [1.165, 1.54) is 37.8 Å². The minimum Gasteiger partial charge on any atom is -0.298 e. The molecule has 2 fully saturated rings. The molecule has 1 aliphatic carbocycles. The second kappa shape index (κ2) is 4.81. The van der Waals surface area contributed by atoms with Crippen LogP contribution in [0.4, 0.5) is 0 Å². The highest BCUT2D eigenvalue weighted by atomic mass is 16.1. The topological polar surface area (TPSA) is 20.1 Å². The number of hydrogen-bond donors (Lipinski definition) is 0. The van der Waals surface area contributed by atoms with Crippen molar-refractivity contribution in [2.24, 2.45) is 5.92 Å². The normalized spacial score (nSPS) is 38.2. The Morgan fingerprint density at radius 2 is 2.05 bits per heavy atom. The largest absolute Gasteiger partial charge is 0.298 e. The maximum absolute atomic E-state index is 10.8. The first-order valence-corrected chi connectivity index (χ1v) is 8.25. The quantitative estimate of drug-likeness (QED) is 0.477. The molecule has 1 aromatic carbocycles. The average molecular weight is 281 g/mol. The van der Waals surface area contributed by atoms with Gasteiger partial charge >= 0.3 is 0 Å². The van der Waals surface area contributed by atoms with E-state index in [9.17, 15) is 4.79 Å². The summed E-state index contributed by atoms with van der Waals surface area (Å²) >= 11 is 0. The van der Waals surface area contributed by atoms with Crippen molar-refractivity contribution in [2.75, 3.05) is 6.54 Å². The molecule has 5 atom stereocenters. The smallest absolute Gasteiger partial charge is 0.150 e. The summed E-state index contributed by atoms with van der Waals surface area (Å²) in [4.78, 5) is 13.5. The highest BCUT2D eigenvalue weighted by molar-refractivity contribution is 5.74. The Hall–Kier alpha value is -1.41. The van der Waals surface area contributed by atoms with E-state index in [1.807, 2.05) is 12.1 Å². The van der Waals surface area contributed by atoms with Crippen LogP contribution in [0.1, 0.15) is 54.4 Å². The highest BCUT2D eigenvalue weighted by Crippen LogP contribution is 2.54. The van der Waals surface area contributed by atoms with E-state index in [-0.39, 0.29) is 0 Å². The predicted octanol–water partition coefficient (Wildman–Crippen LogP) is 3.79. The number of nitrogens with zero attached hydrogens (tertiary/aromatic N) is 1. The van der Waals surface area contributed by atoms with Crippen molar-refractivity contribution < 1.29 is 4.79 Å². The van der Waals surface area contributed by atoms with Gasteiger partial charge in [0.05, 0.1) is 0 Å². The third kappa shape index (κ3) is 2.00. The molecular weight excluding hydrogens is 258 g/mol. The van der Waals surface area contributed by atoms with Gasteiger partial charge in [0.15, 0.2) is 0 Å². The molecule has 2 aliphatic heterocycles. The molecule has 1 saturated heterocycles. The zero-order chi connectivity index (χ0) is 14.4. The van der Waals surface area contributed by atoms with Crippen molar-refractivity contribution in [1.82, 2.24) is 4.90 Å². The minimum atomic E-state index is 0.490. The van der Waals surface area contributed by atoms with Gasteiger partial charge in [-0.2, -0.15) is 0 Å². The van der Waals surface area contributed by atoms with Gasteiger partial charge in [-0.3, -0.25) is 9.69 Å². The molecule has 110 valence electrons. The zero-order valence-electron chi connectivity index (χ0n) is 12.7. The summed E-state index contributed by atoms with van der Waals surface area (Å²) < 4.78 is 0. The van der Waals surface area contributed by atoms with Gasteiger partial charge in [-0.15, -0.1) is 0 Å². The first-order chi connectivity index (χ1) is 10.2. The molecule has 0 bridgehead atoms. The molecule has 2 nitrogen and oxygen atoms in total. The van der Waals surface area contributed by atoms with Crippen LogP contribution in [0.15, 0.2) is 36.4 Å². The number of carbonyl (C=O) groups is 1. The Kier molecular flexibility index (Phi) is 3.04. The summed E-state index contributed by atoms with van der Waals surface area (Å²) in [6, 6.07) is 8.64. The molecule has 0 N–H and O–H groups in total. The van der Waals surface area contributed by atoms with Crippen LogP contribution in [0.3, 0.4) is 0 Å². The molecule has 2 heteroatoms. The molecule has 0 amide bonds. The average Bonchev–Trinajstić information content (AvgIpc) is 3.27. The van der Waals surface area contributed by atoms with Gasteiger partial charge < -0.3 is 0 Å². The minimum absolute atomic E-state index is 0.490. The maximum atomic E-state index is 10.8. The number of benzene rings is 1. The van der Waals surface area contributed by atoms with E-state index in [0.717, 1.165) is 17.8 Å². The molecule has 1 aromatic rings. The van der Waals surface area contributed by atoms with Crippen LogP contribution in [0.5, 0.6) is 0 Å². The Morgan fingerprint density at radius 1 is 1.24 bits per heavy atom. The Labute approximate surface area is 126 Å². The molecule has 4 rings (SSSR count). The van der Waals surface area contributed by atoms with Crippen molar-refractivity contribution in [3.63, 3.8) is 0 Å². The van der Waals surface area contributed by atoms with E-state index in [1.54, 1.807) is 0 Å². The van der Waals surface area contributed by atoms with Gasteiger partial charge in [0.1, 0.15) is 6.29 Å². The molecule has 0 aromatic heterocycles. The lowest BCUT2D eigenvalue weighted by Gasteiger charge is -2.38. The lowest BCUT2D eigenvalue weighted by molar-refractivity contribution is 0.112. The Balaban J connectivity index is 1.57. The fourth-order valence-electron chi connectivity index (χ4n) is 4.60. The van der Waals surface area contributed by atoms with E-state index < -0.39 is 0 Å². The lowest BCUT2D eigenvalue weighted by Crippen LogP contribution is -2.40. The summed E-state index contributed by atoms with van der Waals surface area (Å²) in [5, 5.41) is 0. The van der Waals surface area contributed by atoms with Gasteiger partial charge in [0.2, 0.25) is 0 Å². The summed E-state index contributed by atoms with van der Waals surface area (Å²) in [6.45, 7) is 3.60.